The van der Waals surface area contributed by atoms with Crippen molar-refractivity contribution in [2.24, 2.45) is 11.8 Å². The number of halogens is 3. The number of carboxylic acids is 1. The Balaban J connectivity index is 1.91. The molecular weight excluding hydrogens is 303 g/mol. The average Bonchev–Trinajstić information content (AvgIpc) is 3.17. The van der Waals surface area contributed by atoms with Crippen LogP contribution in [0.2, 0.25) is 0 Å². The molecule has 120 valence electrons. The predicted octanol–water partition coefficient (Wildman–Crippen LogP) is 2.48. The van der Waals surface area contributed by atoms with E-state index in [0.717, 1.165) is 12.1 Å². The highest BCUT2D eigenvalue weighted by Gasteiger charge is 2.48. The van der Waals surface area contributed by atoms with Gasteiger partial charge in [-0.25, -0.2) is 0 Å². The number of rotatable bonds is 5. The number of carbonyl (C=O) groups is 2. The molecule has 22 heavy (non-hydrogen) atoms. The standard InChI is InChI=1S/C14H14F3NO4/c1-7(18-12(19)10-6-11(10)13(20)21)8-2-4-9(5-3-8)22-14(15,16)17/h2-5,7,10-11H,6H2,1H3,(H,18,19)(H,20,21)/t7-,10+,11-/m0/s1. The van der Waals surface area contributed by atoms with Gasteiger partial charge in [0.25, 0.3) is 0 Å². The molecule has 0 saturated heterocycles. The van der Waals surface area contributed by atoms with Crippen molar-refractivity contribution in [3.8, 4) is 5.75 Å². The third-order valence-corrected chi connectivity index (χ3v) is 3.42. The van der Waals surface area contributed by atoms with Crippen LogP contribution < -0.4 is 10.1 Å². The minimum atomic E-state index is -4.75. The van der Waals surface area contributed by atoms with Crippen LogP contribution in [-0.2, 0) is 9.59 Å². The lowest BCUT2D eigenvalue weighted by atomic mass is 10.1. The lowest BCUT2D eigenvalue weighted by molar-refractivity contribution is -0.274. The van der Waals surface area contributed by atoms with Gasteiger partial charge in [-0.2, -0.15) is 0 Å². The molecule has 1 fully saturated rings. The van der Waals surface area contributed by atoms with Crippen LogP contribution in [0.3, 0.4) is 0 Å². The normalized spacial score (nSPS) is 21.8. The maximum atomic E-state index is 12.0. The second-order valence-corrected chi connectivity index (χ2v) is 5.13. The smallest absolute Gasteiger partial charge is 0.481 e. The summed E-state index contributed by atoms with van der Waals surface area (Å²) in [6.07, 6.45) is -4.44. The quantitative estimate of drug-likeness (QED) is 0.875. The maximum Gasteiger partial charge on any atom is 0.573 e. The van der Waals surface area contributed by atoms with E-state index in [1.807, 2.05) is 0 Å². The van der Waals surface area contributed by atoms with E-state index in [2.05, 4.69) is 10.1 Å². The molecule has 0 heterocycles. The SMILES string of the molecule is C[C@H](NC(=O)[C@@H]1C[C@@H]1C(=O)O)c1ccc(OC(F)(F)F)cc1. The summed E-state index contributed by atoms with van der Waals surface area (Å²) in [5, 5.41) is 11.4. The fourth-order valence-electron chi connectivity index (χ4n) is 2.12. The Kier molecular flexibility index (Phi) is 4.30. The van der Waals surface area contributed by atoms with Gasteiger partial charge in [0.05, 0.1) is 17.9 Å². The fraction of sp³-hybridized carbons (Fsp3) is 0.429. The van der Waals surface area contributed by atoms with Crippen molar-refractivity contribution in [3.05, 3.63) is 29.8 Å². The summed E-state index contributed by atoms with van der Waals surface area (Å²) in [5.41, 5.74) is 0.593. The van der Waals surface area contributed by atoms with Gasteiger partial charge in [-0.3, -0.25) is 9.59 Å². The van der Waals surface area contributed by atoms with Gasteiger partial charge >= 0.3 is 12.3 Å². The molecule has 2 N–H and O–H groups in total. The van der Waals surface area contributed by atoms with E-state index in [-0.39, 0.29) is 11.7 Å². The molecule has 5 nitrogen and oxygen atoms in total. The molecule has 0 aliphatic heterocycles. The first-order valence-electron chi connectivity index (χ1n) is 6.56. The summed E-state index contributed by atoms with van der Waals surface area (Å²) in [7, 11) is 0. The molecule has 0 spiro atoms. The van der Waals surface area contributed by atoms with E-state index in [4.69, 9.17) is 5.11 Å². The van der Waals surface area contributed by atoms with Crippen molar-refractivity contribution in [3.63, 3.8) is 0 Å². The number of carbonyl (C=O) groups excluding carboxylic acids is 1. The molecule has 2 rings (SSSR count). The Morgan fingerprint density at radius 3 is 2.32 bits per heavy atom. The second kappa shape index (κ2) is 5.86. The summed E-state index contributed by atoms with van der Waals surface area (Å²) in [6.45, 7) is 1.66. The molecule has 1 aliphatic carbocycles. The number of nitrogens with one attached hydrogen (secondary N) is 1. The molecule has 1 saturated carbocycles. The number of hydrogen-bond donors (Lipinski definition) is 2. The zero-order chi connectivity index (χ0) is 16.5. The van der Waals surface area contributed by atoms with Gasteiger partial charge in [-0.15, -0.1) is 13.2 Å². The molecule has 8 heteroatoms. The van der Waals surface area contributed by atoms with Crippen LogP contribution in [0.4, 0.5) is 13.2 Å². The van der Waals surface area contributed by atoms with Crippen molar-refractivity contribution >= 4 is 11.9 Å². The van der Waals surface area contributed by atoms with Crippen molar-refractivity contribution < 1.29 is 32.6 Å². The molecule has 1 aromatic rings. The number of benzene rings is 1. The highest BCUT2D eigenvalue weighted by atomic mass is 19.4. The molecule has 0 aromatic heterocycles. The van der Waals surface area contributed by atoms with Gasteiger partial charge in [-0.05, 0) is 31.0 Å². The summed E-state index contributed by atoms with van der Waals surface area (Å²) in [4.78, 5) is 22.5. The molecule has 0 bridgehead atoms. The van der Waals surface area contributed by atoms with Crippen molar-refractivity contribution in [2.45, 2.75) is 25.7 Å². The van der Waals surface area contributed by atoms with E-state index in [1.165, 1.54) is 12.1 Å². The lowest BCUT2D eigenvalue weighted by Gasteiger charge is -2.15. The first-order chi connectivity index (χ1) is 10.2. The Bertz CT molecular complexity index is 570. The average molecular weight is 317 g/mol. The Labute approximate surface area is 124 Å². The van der Waals surface area contributed by atoms with Crippen molar-refractivity contribution in [2.75, 3.05) is 0 Å². The van der Waals surface area contributed by atoms with Gasteiger partial charge in [0.2, 0.25) is 5.91 Å². The predicted molar refractivity (Wildman–Crippen MR) is 68.9 cm³/mol. The summed E-state index contributed by atoms with van der Waals surface area (Å²) in [6, 6.07) is 4.69. The van der Waals surface area contributed by atoms with Crippen LogP contribution in [0.5, 0.6) is 5.75 Å². The van der Waals surface area contributed by atoms with E-state index in [1.54, 1.807) is 6.92 Å². The summed E-state index contributed by atoms with van der Waals surface area (Å²) >= 11 is 0. The van der Waals surface area contributed by atoms with Gasteiger partial charge < -0.3 is 15.2 Å². The highest BCUT2D eigenvalue weighted by Crippen LogP contribution is 2.39. The number of alkyl halides is 3. The molecule has 3 atom stereocenters. The number of amides is 1. The summed E-state index contributed by atoms with van der Waals surface area (Å²) < 4.78 is 39.9. The molecule has 1 aromatic carbocycles. The van der Waals surface area contributed by atoms with E-state index in [9.17, 15) is 22.8 Å². The molecule has 0 unspecified atom stereocenters. The Hall–Kier alpha value is -2.25. The second-order valence-electron chi connectivity index (χ2n) is 5.13. The molecule has 1 aliphatic rings. The van der Waals surface area contributed by atoms with E-state index >= 15 is 0 Å². The van der Waals surface area contributed by atoms with Gasteiger partial charge in [0.1, 0.15) is 5.75 Å². The van der Waals surface area contributed by atoms with Gasteiger partial charge in [-0.1, -0.05) is 12.1 Å². The van der Waals surface area contributed by atoms with Gasteiger partial charge in [0.15, 0.2) is 0 Å². The zero-order valence-corrected chi connectivity index (χ0v) is 11.6. The number of aliphatic carboxylic acids is 1. The first-order valence-corrected chi connectivity index (χ1v) is 6.56. The topological polar surface area (TPSA) is 75.6 Å². The third-order valence-electron chi connectivity index (χ3n) is 3.42. The van der Waals surface area contributed by atoms with Crippen molar-refractivity contribution in [1.82, 2.24) is 5.32 Å². The third kappa shape index (κ3) is 4.12. The van der Waals surface area contributed by atoms with Crippen LogP contribution in [0.15, 0.2) is 24.3 Å². The van der Waals surface area contributed by atoms with Gasteiger partial charge in [0, 0.05) is 0 Å². The monoisotopic (exact) mass is 317 g/mol. The van der Waals surface area contributed by atoms with Crippen LogP contribution in [0.25, 0.3) is 0 Å². The van der Waals surface area contributed by atoms with E-state index < -0.39 is 30.2 Å². The lowest BCUT2D eigenvalue weighted by Crippen LogP contribution is -2.29. The van der Waals surface area contributed by atoms with Crippen LogP contribution in [0.1, 0.15) is 24.9 Å². The fourth-order valence-corrected chi connectivity index (χ4v) is 2.12. The molecule has 1 amide bonds. The minimum Gasteiger partial charge on any atom is -0.481 e. The molecule has 0 radical (unpaired) electrons. The first kappa shape index (κ1) is 16.1. The van der Waals surface area contributed by atoms with E-state index in [0.29, 0.717) is 12.0 Å². The zero-order valence-electron chi connectivity index (χ0n) is 11.6. The maximum absolute atomic E-state index is 12.0. The Morgan fingerprint density at radius 2 is 1.86 bits per heavy atom. The minimum absolute atomic E-state index is 0.312. The Morgan fingerprint density at radius 1 is 1.27 bits per heavy atom. The van der Waals surface area contributed by atoms with Crippen LogP contribution in [-0.4, -0.2) is 23.3 Å². The van der Waals surface area contributed by atoms with Crippen molar-refractivity contribution in [1.29, 1.82) is 0 Å². The summed E-state index contributed by atoms with van der Waals surface area (Å²) in [5.74, 6) is -2.89. The van der Waals surface area contributed by atoms with Crippen LogP contribution >= 0.6 is 0 Å². The molecular formula is C14H14F3NO4. The number of ether oxygens (including phenoxy) is 1. The largest absolute Gasteiger partial charge is 0.573 e. The highest BCUT2D eigenvalue weighted by molar-refractivity contribution is 5.89. The van der Waals surface area contributed by atoms with Crippen LogP contribution in [0, 0.1) is 11.8 Å². The number of hydrogen-bond acceptors (Lipinski definition) is 3. The number of carboxylic acid groups (broad SMARTS) is 1.